The third-order valence-electron chi connectivity index (χ3n) is 6.63. The number of fused-ring (bicyclic) bond motifs is 3. The summed E-state index contributed by atoms with van der Waals surface area (Å²) in [6, 6.07) is 9.05. The Morgan fingerprint density at radius 3 is 2.34 bits per heavy atom. The van der Waals surface area contributed by atoms with E-state index >= 15 is 0 Å². The Kier molecular flexibility index (Phi) is 6.24. The van der Waals surface area contributed by atoms with Crippen LogP contribution in [0.25, 0.3) is 21.9 Å². The smallest absolute Gasteiger partial charge is 0.337 e. The summed E-state index contributed by atoms with van der Waals surface area (Å²) < 4.78 is 11.4. The molecule has 32 heavy (non-hydrogen) atoms. The second-order valence-electron chi connectivity index (χ2n) is 9.04. The fourth-order valence-electron chi connectivity index (χ4n) is 4.79. The van der Waals surface area contributed by atoms with E-state index in [1.165, 1.54) is 0 Å². The van der Waals surface area contributed by atoms with Gasteiger partial charge in [0.25, 0.3) is 0 Å². The minimum atomic E-state index is -1.07. The molecule has 1 aliphatic rings. The summed E-state index contributed by atoms with van der Waals surface area (Å²) in [5.74, 6) is -1.11. The van der Waals surface area contributed by atoms with Gasteiger partial charge in [0.15, 0.2) is 0 Å². The molecule has 0 bridgehead atoms. The van der Waals surface area contributed by atoms with Crippen LogP contribution in [0.2, 0.25) is 0 Å². The molecule has 0 spiro atoms. The number of hydrogen-bond donors (Lipinski definition) is 1. The van der Waals surface area contributed by atoms with Crippen LogP contribution in [0.1, 0.15) is 74.9 Å². The molecule has 1 heterocycles. The molecule has 1 aromatic heterocycles. The Hall–Kier alpha value is -2.86. The molecule has 1 saturated carbocycles. The highest BCUT2D eigenvalue weighted by atomic mass is 16.5. The standard InChI is InChI=1S/C26H31NO5/c1-15(2)27(25(28)17-8-6-5-7-9-17)22-13-20-19-12-18(16(3)31-4)10-11-23(19)32-24(20)14-21(22)26(29)30/h10-17H,5-9H2,1-4H3,(H,29,30). The van der Waals surface area contributed by atoms with Crippen molar-refractivity contribution in [2.75, 3.05) is 12.0 Å². The monoisotopic (exact) mass is 437 g/mol. The van der Waals surface area contributed by atoms with Gasteiger partial charge in [-0.1, -0.05) is 25.3 Å². The van der Waals surface area contributed by atoms with Crippen LogP contribution in [0.3, 0.4) is 0 Å². The number of carbonyl (C=O) groups is 2. The fourth-order valence-corrected chi connectivity index (χ4v) is 4.79. The van der Waals surface area contributed by atoms with Crippen molar-refractivity contribution in [3.05, 3.63) is 41.5 Å². The van der Waals surface area contributed by atoms with Crippen molar-refractivity contribution in [1.82, 2.24) is 0 Å². The molecular weight excluding hydrogens is 406 g/mol. The highest BCUT2D eigenvalue weighted by molar-refractivity contribution is 6.12. The van der Waals surface area contributed by atoms with Crippen LogP contribution in [0, 0.1) is 5.92 Å². The Bertz CT molecular complexity index is 1160. The summed E-state index contributed by atoms with van der Waals surface area (Å²) in [6.45, 7) is 5.84. The first kappa shape index (κ1) is 22.3. The van der Waals surface area contributed by atoms with Crippen LogP contribution in [0.5, 0.6) is 0 Å². The first-order chi connectivity index (χ1) is 15.3. The second-order valence-corrected chi connectivity index (χ2v) is 9.04. The summed E-state index contributed by atoms with van der Waals surface area (Å²) in [6.07, 6.45) is 4.88. The Morgan fingerprint density at radius 1 is 1.03 bits per heavy atom. The fraction of sp³-hybridized carbons (Fsp3) is 0.462. The molecule has 3 aromatic rings. The quantitative estimate of drug-likeness (QED) is 0.488. The third-order valence-corrected chi connectivity index (χ3v) is 6.63. The van der Waals surface area contributed by atoms with Crippen molar-refractivity contribution < 1.29 is 23.8 Å². The van der Waals surface area contributed by atoms with E-state index in [0.717, 1.165) is 48.4 Å². The lowest BCUT2D eigenvalue weighted by molar-refractivity contribution is -0.123. The van der Waals surface area contributed by atoms with Gasteiger partial charge in [-0.2, -0.15) is 0 Å². The Balaban J connectivity index is 1.90. The molecule has 1 N–H and O–H groups in total. The van der Waals surface area contributed by atoms with Crippen molar-refractivity contribution in [1.29, 1.82) is 0 Å². The summed E-state index contributed by atoms with van der Waals surface area (Å²) >= 11 is 0. The molecule has 6 nitrogen and oxygen atoms in total. The predicted molar refractivity (Wildman–Crippen MR) is 125 cm³/mol. The van der Waals surface area contributed by atoms with Gasteiger partial charge >= 0.3 is 5.97 Å². The number of nitrogens with zero attached hydrogens (tertiary/aromatic N) is 1. The normalized spacial score (nSPS) is 16.0. The highest BCUT2D eigenvalue weighted by Crippen LogP contribution is 2.38. The first-order valence-corrected chi connectivity index (χ1v) is 11.4. The lowest BCUT2D eigenvalue weighted by atomic mass is 9.87. The number of methoxy groups -OCH3 is 1. The number of anilines is 1. The molecular formula is C26H31NO5. The Morgan fingerprint density at radius 2 is 1.72 bits per heavy atom. The summed E-state index contributed by atoms with van der Waals surface area (Å²) in [7, 11) is 1.66. The van der Waals surface area contributed by atoms with Crippen LogP contribution in [0.4, 0.5) is 5.69 Å². The molecule has 1 atom stereocenters. The number of hydrogen-bond acceptors (Lipinski definition) is 4. The van der Waals surface area contributed by atoms with Gasteiger partial charge in [0.05, 0.1) is 17.4 Å². The zero-order chi connectivity index (χ0) is 23.0. The van der Waals surface area contributed by atoms with Crippen molar-refractivity contribution in [2.24, 2.45) is 5.92 Å². The number of furan rings is 1. The second kappa shape index (κ2) is 8.94. The Labute approximate surface area is 188 Å². The van der Waals surface area contributed by atoms with Crippen LogP contribution in [0.15, 0.2) is 34.7 Å². The zero-order valence-corrected chi connectivity index (χ0v) is 19.2. The maximum Gasteiger partial charge on any atom is 0.337 e. The number of benzene rings is 2. The molecule has 0 radical (unpaired) electrons. The average molecular weight is 438 g/mol. The lowest BCUT2D eigenvalue weighted by Crippen LogP contribution is -2.42. The maximum absolute atomic E-state index is 13.5. The molecule has 170 valence electrons. The minimum absolute atomic E-state index is 0.0167. The number of rotatable bonds is 6. The van der Waals surface area contributed by atoms with Gasteiger partial charge in [0.2, 0.25) is 5.91 Å². The first-order valence-electron chi connectivity index (χ1n) is 11.4. The molecule has 4 rings (SSSR count). The minimum Gasteiger partial charge on any atom is -0.478 e. The SMILES string of the molecule is COC(C)c1ccc2oc3cc(C(=O)O)c(N(C(=O)C4CCCCC4)C(C)C)cc3c2c1. The number of carbonyl (C=O) groups excluding carboxylic acids is 1. The number of amides is 1. The van der Waals surface area contributed by atoms with Gasteiger partial charge in [-0.25, -0.2) is 4.79 Å². The van der Waals surface area contributed by atoms with E-state index in [2.05, 4.69) is 0 Å². The molecule has 0 saturated heterocycles. The van der Waals surface area contributed by atoms with Crippen molar-refractivity contribution >= 4 is 39.5 Å². The number of ether oxygens (including phenoxy) is 1. The van der Waals surface area contributed by atoms with E-state index in [4.69, 9.17) is 9.15 Å². The molecule has 2 aromatic carbocycles. The van der Waals surface area contributed by atoms with Crippen molar-refractivity contribution in [3.63, 3.8) is 0 Å². The number of carboxylic acids is 1. The van der Waals surface area contributed by atoms with Crippen LogP contribution >= 0.6 is 0 Å². The molecule has 1 unspecified atom stereocenters. The largest absolute Gasteiger partial charge is 0.478 e. The topological polar surface area (TPSA) is 80.0 Å². The third kappa shape index (κ3) is 3.99. The van der Waals surface area contributed by atoms with Crippen LogP contribution in [-0.4, -0.2) is 30.1 Å². The lowest BCUT2D eigenvalue weighted by Gasteiger charge is -2.33. The molecule has 1 fully saturated rings. The summed E-state index contributed by atoms with van der Waals surface area (Å²) in [5, 5.41) is 11.7. The summed E-state index contributed by atoms with van der Waals surface area (Å²) in [5.41, 5.74) is 2.70. The summed E-state index contributed by atoms with van der Waals surface area (Å²) in [4.78, 5) is 27.4. The van der Waals surface area contributed by atoms with Gasteiger partial charge in [-0.15, -0.1) is 0 Å². The number of carboxylic acid groups (broad SMARTS) is 1. The van der Waals surface area contributed by atoms with E-state index in [-0.39, 0.29) is 29.5 Å². The van der Waals surface area contributed by atoms with Gasteiger partial charge in [0.1, 0.15) is 11.2 Å². The zero-order valence-electron chi connectivity index (χ0n) is 19.2. The van der Waals surface area contributed by atoms with E-state index in [1.54, 1.807) is 18.1 Å². The van der Waals surface area contributed by atoms with Crippen molar-refractivity contribution in [3.8, 4) is 0 Å². The van der Waals surface area contributed by atoms with Gasteiger partial charge in [0, 0.05) is 29.8 Å². The highest BCUT2D eigenvalue weighted by Gasteiger charge is 2.31. The molecule has 6 heteroatoms. The van der Waals surface area contributed by atoms with Crippen LogP contribution in [-0.2, 0) is 9.53 Å². The predicted octanol–water partition coefficient (Wildman–Crippen LogP) is 6.31. The number of aromatic carboxylic acids is 1. The molecule has 0 aliphatic heterocycles. The van der Waals surface area contributed by atoms with E-state index in [0.29, 0.717) is 16.9 Å². The average Bonchev–Trinajstić information content (AvgIpc) is 3.15. The van der Waals surface area contributed by atoms with Gasteiger partial charge in [-0.05, 0) is 63.4 Å². The molecule has 1 aliphatic carbocycles. The van der Waals surface area contributed by atoms with E-state index in [9.17, 15) is 14.7 Å². The van der Waals surface area contributed by atoms with Crippen molar-refractivity contribution in [2.45, 2.75) is 65.0 Å². The van der Waals surface area contributed by atoms with Gasteiger partial charge < -0.3 is 19.2 Å². The van der Waals surface area contributed by atoms with E-state index in [1.807, 2.05) is 45.0 Å². The van der Waals surface area contributed by atoms with Crippen LogP contribution < -0.4 is 4.90 Å². The van der Waals surface area contributed by atoms with E-state index < -0.39 is 5.97 Å². The van der Waals surface area contributed by atoms with Gasteiger partial charge in [-0.3, -0.25) is 4.79 Å². The maximum atomic E-state index is 13.5. The molecule has 1 amide bonds.